The second-order valence-electron chi connectivity index (χ2n) is 6.24. The van der Waals surface area contributed by atoms with Gasteiger partial charge in [-0.1, -0.05) is 18.2 Å². The molecule has 1 heterocycles. The summed E-state index contributed by atoms with van der Waals surface area (Å²) in [7, 11) is 2.75. The molecule has 3 rings (SSSR count). The zero-order chi connectivity index (χ0) is 21.3. The van der Waals surface area contributed by atoms with Gasteiger partial charge in [-0.2, -0.15) is 0 Å². The minimum absolute atomic E-state index is 0.342. The molecule has 1 aromatic heterocycles. The van der Waals surface area contributed by atoms with Gasteiger partial charge in [0.05, 0.1) is 36.7 Å². The molecular formula is C23H21NO4S2. The van der Waals surface area contributed by atoms with Crippen molar-refractivity contribution in [1.82, 2.24) is 4.98 Å². The molecule has 0 saturated heterocycles. The quantitative estimate of drug-likeness (QED) is 0.351. The zero-order valence-corrected chi connectivity index (χ0v) is 18.3. The van der Waals surface area contributed by atoms with E-state index in [0.29, 0.717) is 22.6 Å². The van der Waals surface area contributed by atoms with Crippen molar-refractivity contribution in [3.05, 3.63) is 89.2 Å². The molecule has 0 spiro atoms. The molecule has 3 aromatic rings. The molecular weight excluding hydrogens is 418 g/mol. The first-order chi connectivity index (χ1) is 14.6. The highest BCUT2D eigenvalue weighted by molar-refractivity contribution is 7.98. The van der Waals surface area contributed by atoms with Gasteiger partial charge in [-0.25, -0.2) is 9.59 Å². The van der Waals surface area contributed by atoms with Crippen molar-refractivity contribution in [2.45, 2.75) is 21.3 Å². The lowest BCUT2D eigenvalue weighted by molar-refractivity contribution is 0.0591. The van der Waals surface area contributed by atoms with E-state index in [-0.39, 0.29) is 11.9 Å². The van der Waals surface area contributed by atoms with Gasteiger partial charge in [0.1, 0.15) is 0 Å². The first kappa shape index (κ1) is 21.9. The summed E-state index contributed by atoms with van der Waals surface area (Å²) in [5.74, 6) is 0.707. The Bertz CT molecular complexity index is 960. The lowest BCUT2D eigenvalue weighted by atomic mass is 10.2. The third-order valence-electron chi connectivity index (χ3n) is 4.15. The van der Waals surface area contributed by atoms with Crippen LogP contribution in [0.25, 0.3) is 0 Å². The van der Waals surface area contributed by atoms with Crippen LogP contribution in [-0.4, -0.2) is 31.1 Å². The number of hydrogen-bond donors (Lipinski definition) is 0. The number of rotatable bonds is 8. The van der Waals surface area contributed by atoms with Crippen molar-refractivity contribution in [2.75, 3.05) is 14.2 Å². The largest absolute Gasteiger partial charge is 0.465 e. The predicted molar refractivity (Wildman–Crippen MR) is 119 cm³/mol. The van der Waals surface area contributed by atoms with Crippen LogP contribution in [0.3, 0.4) is 0 Å². The molecule has 0 radical (unpaired) electrons. The number of ether oxygens (including phenoxy) is 2. The standard InChI is InChI=1S/C23H21NO4S2/c1-27-22(25)16-6-3-10-20(12-16)29-14-18-8-5-9-19(24-18)15-30-21-11-4-7-17(13-21)23(26)28-2/h3-13H,14-15H2,1-2H3. The Morgan fingerprint density at radius 2 is 1.17 bits per heavy atom. The summed E-state index contributed by atoms with van der Waals surface area (Å²) in [5, 5.41) is 0. The van der Waals surface area contributed by atoms with Crippen LogP contribution >= 0.6 is 23.5 Å². The minimum Gasteiger partial charge on any atom is -0.465 e. The summed E-state index contributed by atoms with van der Waals surface area (Å²) >= 11 is 3.24. The minimum atomic E-state index is -0.342. The number of esters is 2. The molecule has 0 aliphatic rings. The van der Waals surface area contributed by atoms with Gasteiger partial charge < -0.3 is 9.47 Å². The Morgan fingerprint density at radius 1 is 0.733 bits per heavy atom. The fourth-order valence-corrected chi connectivity index (χ4v) is 4.39. The lowest BCUT2D eigenvalue weighted by Gasteiger charge is -2.07. The van der Waals surface area contributed by atoms with Gasteiger partial charge in [0.25, 0.3) is 0 Å². The van der Waals surface area contributed by atoms with E-state index >= 15 is 0 Å². The van der Waals surface area contributed by atoms with E-state index in [2.05, 4.69) is 0 Å². The second-order valence-corrected chi connectivity index (χ2v) is 8.33. The highest BCUT2D eigenvalue weighted by atomic mass is 32.2. The normalized spacial score (nSPS) is 10.5. The Labute approximate surface area is 184 Å². The van der Waals surface area contributed by atoms with E-state index in [1.807, 2.05) is 54.6 Å². The van der Waals surface area contributed by atoms with E-state index < -0.39 is 0 Å². The number of carbonyl (C=O) groups excluding carboxylic acids is 2. The Balaban J connectivity index is 1.60. The number of nitrogens with zero attached hydrogens (tertiary/aromatic N) is 1. The fourth-order valence-electron chi connectivity index (χ4n) is 2.67. The van der Waals surface area contributed by atoms with E-state index in [1.165, 1.54) is 14.2 Å². The predicted octanol–water partition coefficient (Wildman–Crippen LogP) is 5.24. The molecule has 0 aliphatic heterocycles. The molecule has 0 aliphatic carbocycles. The van der Waals surface area contributed by atoms with Crippen molar-refractivity contribution in [3.8, 4) is 0 Å². The van der Waals surface area contributed by atoms with Crippen LogP contribution < -0.4 is 0 Å². The summed E-state index contributed by atoms with van der Waals surface area (Å²) in [6.07, 6.45) is 0. The molecule has 30 heavy (non-hydrogen) atoms. The topological polar surface area (TPSA) is 65.5 Å². The number of thioether (sulfide) groups is 2. The number of hydrogen-bond acceptors (Lipinski definition) is 7. The third-order valence-corrected chi connectivity index (χ3v) is 6.20. The SMILES string of the molecule is COC(=O)c1cccc(SCc2cccc(CSc3cccc(C(=O)OC)c3)n2)c1. The first-order valence-electron chi connectivity index (χ1n) is 9.16. The summed E-state index contributed by atoms with van der Waals surface area (Å²) in [6, 6.07) is 20.7. The summed E-state index contributed by atoms with van der Waals surface area (Å²) in [6.45, 7) is 0. The van der Waals surface area contributed by atoms with Gasteiger partial charge in [0, 0.05) is 21.3 Å². The van der Waals surface area contributed by atoms with Crippen molar-refractivity contribution >= 4 is 35.5 Å². The third kappa shape index (κ3) is 6.11. The number of methoxy groups -OCH3 is 2. The molecule has 0 bridgehead atoms. The first-order valence-corrected chi connectivity index (χ1v) is 11.1. The Kier molecular flexibility index (Phi) is 7.93. The van der Waals surface area contributed by atoms with Gasteiger partial charge in [0.15, 0.2) is 0 Å². The monoisotopic (exact) mass is 439 g/mol. The van der Waals surface area contributed by atoms with Crippen LogP contribution in [0, 0.1) is 0 Å². The van der Waals surface area contributed by atoms with Crippen LogP contribution in [0.2, 0.25) is 0 Å². The molecule has 2 aromatic carbocycles. The molecule has 0 N–H and O–H groups in total. The van der Waals surface area contributed by atoms with Crippen LogP contribution in [0.4, 0.5) is 0 Å². The Morgan fingerprint density at radius 3 is 1.60 bits per heavy atom. The number of pyridine rings is 1. The van der Waals surface area contributed by atoms with Crippen molar-refractivity contribution in [1.29, 1.82) is 0 Å². The van der Waals surface area contributed by atoms with Crippen LogP contribution in [0.15, 0.2) is 76.5 Å². The number of carbonyl (C=O) groups is 2. The fraction of sp³-hybridized carbons (Fsp3) is 0.174. The van der Waals surface area contributed by atoms with E-state index in [0.717, 1.165) is 21.2 Å². The van der Waals surface area contributed by atoms with Gasteiger partial charge >= 0.3 is 11.9 Å². The molecule has 0 saturated carbocycles. The molecule has 7 heteroatoms. The molecule has 5 nitrogen and oxygen atoms in total. The zero-order valence-electron chi connectivity index (χ0n) is 16.7. The van der Waals surface area contributed by atoms with Gasteiger partial charge in [0.2, 0.25) is 0 Å². The molecule has 154 valence electrons. The molecule has 0 amide bonds. The number of aromatic nitrogens is 1. The highest BCUT2D eigenvalue weighted by Crippen LogP contribution is 2.26. The van der Waals surface area contributed by atoms with Gasteiger partial charge in [-0.3, -0.25) is 4.98 Å². The van der Waals surface area contributed by atoms with E-state index in [9.17, 15) is 9.59 Å². The smallest absolute Gasteiger partial charge is 0.337 e. The van der Waals surface area contributed by atoms with E-state index in [1.54, 1.807) is 35.7 Å². The van der Waals surface area contributed by atoms with Gasteiger partial charge in [-0.15, -0.1) is 23.5 Å². The second kappa shape index (κ2) is 10.8. The summed E-state index contributed by atoms with van der Waals surface area (Å²) in [4.78, 5) is 30.1. The maximum Gasteiger partial charge on any atom is 0.337 e. The van der Waals surface area contributed by atoms with Crippen LogP contribution in [0.5, 0.6) is 0 Å². The maximum absolute atomic E-state index is 11.7. The average molecular weight is 440 g/mol. The highest BCUT2D eigenvalue weighted by Gasteiger charge is 2.08. The van der Waals surface area contributed by atoms with Crippen LogP contribution in [0.1, 0.15) is 32.1 Å². The van der Waals surface area contributed by atoms with Gasteiger partial charge in [-0.05, 0) is 48.5 Å². The summed E-state index contributed by atoms with van der Waals surface area (Å²) in [5.41, 5.74) is 3.00. The van der Waals surface area contributed by atoms with Crippen LogP contribution in [-0.2, 0) is 21.0 Å². The van der Waals surface area contributed by atoms with Crippen molar-refractivity contribution in [2.24, 2.45) is 0 Å². The maximum atomic E-state index is 11.7. The number of benzene rings is 2. The molecule has 0 fully saturated rings. The summed E-state index contributed by atoms with van der Waals surface area (Å²) < 4.78 is 9.54. The lowest BCUT2D eigenvalue weighted by Crippen LogP contribution is -2.00. The van der Waals surface area contributed by atoms with Crippen molar-refractivity contribution in [3.63, 3.8) is 0 Å². The average Bonchev–Trinajstić information content (AvgIpc) is 2.81. The van der Waals surface area contributed by atoms with Crippen molar-refractivity contribution < 1.29 is 19.1 Å². The van der Waals surface area contributed by atoms with E-state index in [4.69, 9.17) is 14.5 Å². The Hall–Kier alpha value is -2.77. The molecule has 0 atom stereocenters. The molecule has 0 unspecified atom stereocenters.